The van der Waals surface area contributed by atoms with E-state index in [1.807, 2.05) is 31.2 Å². The van der Waals surface area contributed by atoms with E-state index in [0.717, 1.165) is 16.8 Å². The molecule has 0 fully saturated rings. The molecule has 26 heavy (non-hydrogen) atoms. The van der Waals surface area contributed by atoms with Crippen LogP contribution in [0.25, 0.3) is 0 Å². The fraction of sp³-hybridized carbons (Fsp3) is 0.300. The molecule has 0 aliphatic heterocycles. The number of nitrogens with one attached hydrogen (secondary N) is 1. The second-order valence-electron chi connectivity index (χ2n) is 6.14. The number of carbonyl (C=O) groups is 2. The summed E-state index contributed by atoms with van der Waals surface area (Å²) in [5, 5.41) is 4.18. The van der Waals surface area contributed by atoms with Gasteiger partial charge in [-0.2, -0.15) is 0 Å². The summed E-state index contributed by atoms with van der Waals surface area (Å²) in [6.45, 7) is 4.34. The summed E-state index contributed by atoms with van der Waals surface area (Å²) in [6, 6.07) is 12.9. The van der Waals surface area contributed by atoms with Crippen molar-refractivity contribution in [3.05, 3.63) is 63.6 Å². The Balaban J connectivity index is 1.86. The van der Waals surface area contributed by atoms with Gasteiger partial charge in [0, 0.05) is 42.2 Å². The second kappa shape index (κ2) is 9.60. The van der Waals surface area contributed by atoms with Gasteiger partial charge in [0.1, 0.15) is 0 Å². The third kappa shape index (κ3) is 6.36. The van der Waals surface area contributed by atoms with Crippen molar-refractivity contribution in [2.75, 3.05) is 18.4 Å². The average molecular weight is 393 g/mol. The van der Waals surface area contributed by atoms with Gasteiger partial charge in [-0.3, -0.25) is 9.59 Å². The lowest BCUT2D eigenvalue weighted by Crippen LogP contribution is -2.33. The zero-order chi connectivity index (χ0) is 19.1. The van der Waals surface area contributed by atoms with E-state index in [1.54, 1.807) is 23.1 Å². The Bertz CT molecular complexity index is 776. The van der Waals surface area contributed by atoms with Crippen molar-refractivity contribution in [3.8, 4) is 0 Å². The van der Waals surface area contributed by atoms with Crippen molar-refractivity contribution in [1.29, 1.82) is 0 Å². The Morgan fingerprint density at radius 1 is 1.00 bits per heavy atom. The van der Waals surface area contributed by atoms with Gasteiger partial charge in [0.15, 0.2) is 0 Å². The number of carbonyl (C=O) groups excluding carboxylic acids is 2. The first-order valence-corrected chi connectivity index (χ1v) is 9.16. The molecule has 1 N–H and O–H groups in total. The lowest BCUT2D eigenvalue weighted by Gasteiger charge is -2.21. The number of rotatable bonds is 7. The van der Waals surface area contributed by atoms with Crippen LogP contribution >= 0.6 is 23.2 Å². The van der Waals surface area contributed by atoms with E-state index in [9.17, 15) is 9.59 Å². The van der Waals surface area contributed by atoms with Gasteiger partial charge in [-0.05, 0) is 54.8 Å². The zero-order valence-corrected chi connectivity index (χ0v) is 16.4. The van der Waals surface area contributed by atoms with Gasteiger partial charge in [-0.1, -0.05) is 35.3 Å². The highest BCUT2D eigenvalue weighted by Gasteiger charge is 2.12. The van der Waals surface area contributed by atoms with Gasteiger partial charge in [0.05, 0.1) is 0 Å². The quantitative estimate of drug-likeness (QED) is 0.740. The van der Waals surface area contributed by atoms with E-state index in [0.29, 0.717) is 29.6 Å². The van der Waals surface area contributed by atoms with Crippen molar-refractivity contribution < 1.29 is 9.59 Å². The normalized spacial score (nSPS) is 10.5. The Kier molecular flexibility index (Phi) is 7.49. The van der Waals surface area contributed by atoms with E-state index < -0.39 is 0 Å². The molecule has 4 nitrogen and oxygen atoms in total. The minimum atomic E-state index is -0.131. The molecule has 0 radical (unpaired) electrons. The minimum Gasteiger partial charge on any atom is -0.342 e. The first-order chi connectivity index (χ1) is 12.3. The van der Waals surface area contributed by atoms with Gasteiger partial charge in [0.2, 0.25) is 11.8 Å². The summed E-state index contributed by atoms with van der Waals surface area (Å²) < 4.78 is 0. The van der Waals surface area contributed by atoms with Crippen LogP contribution < -0.4 is 5.32 Å². The molecular formula is C20H22Cl2N2O2. The molecule has 0 spiro atoms. The molecule has 0 atom stereocenters. The first-order valence-electron chi connectivity index (χ1n) is 8.41. The number of benzene rings is 2. The number of nitrogens with zero attached hydrogens (tertiary/aromatic N) is 1. The van der Waals surface area contributed by atoms with E-state index in [4.69, 9.17) is 23.2 Å². The van der Waals surface area contributed by atoms with Crippen LogP contribution in [0.15, 0.2) is 42.5 Å². The summed E-state index contributed by atoms with van der Waals surface area (Å²) in [4.78, 5) is 25.7. The Hall–Kier alpha value is -2.04. The van der Waals surface area contributed by atoms with Crippen LogP contribution in [0.5, 0.6) is 0 Å². The third-order valence-corrected chi connectivity index (χ3v) is 4.59. The van der Waals surface area contributed by atoms with E-state index in [2.05, 4.69) is 5.32 Å². The molecule has 0 saturated heterocycles. The maximum absolute atomic E-state index is 12.2. The third-order valence-electron chi connectivity index (χ3n) is 4.10. The predicted molar refractivity (Wildman–Crippen MR) is 107 cm³/mol. The van der Waals surface area contributed by atoms with E-state index in [1.165, 1.54) is 6.92 Å². The van der Waals surface area contributed by atoms with Gasteiger partial charge in [-0.15, -0.1) is 0 Å². The van der Waals surface area contributed by atoms with Crippen LogP contribution in [0.3, 0.4) is 0 Å². The smallest absolute Gasteiger partial charge is 0.226 e. The summed E-state index contributed by atoms with van der Waals surface area (Å²) >= 11 is 11.8. The van der Waals surface area contributed by atoms with Crippen molar-refractivity contribution in [1.82, 2.24) is 4.90 Å². The maximum atomic E-state index is 12.2. The molecule has 0 heterocycles. The van der Waals surface area contributed by atoms with Crippen LogP contribution in [-0.2, 0) is 16.0 Å². The fourth-order valence-electron chi connectivity index (χ4n) is 2.56. The molecule has 2 amide bonds. The monoisotopic (exact) mass is 392 g/mol. The molecule has 2 rings (SSSR count). The predicted octanol–water partition coefficient (Wildman–Crippen LogP) is 4.72. The number of hydrogen-bond acceptors (Lipinski definition) is 2. The lowest BCUT2D eigenvalue weighted by atomic mass is 10.1. The molecule has 2 aromatic rings. The van der Waals surface area contributed by atoms with Crippen molar-refractivity contribution in [2.24, 2.45) is 0 Å². The largest absolute Gasteiger partial charge is 0.342 e. The van der Waals surface area contributed by atoms with Gasteiger partial charge < -0.3 is 10.2 Å². The second-order valence-corrected chi connectivity index (χ2v) is 7.01. The molecule has 0 aromatic heterocycles. The number of halogens is 2. The number of amides is 2. The fourth-order valence-corrected chi connectivity index (χ4v) is 2.91. The van der Waals surface area contributed by atoms with Crippen molar-refractivity contribution in [3.63, 3.8) is 0 Å². The molecular weight excluding hydrogens is 371 g/mol. The Morgan fingerprint density at radius 2 is 1.65 bits per heavy atom. The Morgan fingerprint density at radius 3 is 2.27 bits per heavy atom. The molecule has 0 unspecified atom stereocenters. The van der Waals surface area contributed by atoms with E-state index in [-0.39, 0.29) is 18.2 Å². The number of anilines is 1. The van der Waals surface area contributed by atoms with Crippen molar-refractivity contribution >= 4 is 40.7 Å². The summed E-state index contributed by atoms with van der Waals surface area (Å²) in [5.41, 5.74) is 2.73. The molecule has 138 valence electrons. The summed E-state index contributed by atoms with van der Waals surface area (Å²) in [5.74, 6) is -0.178. The molecule has 0 saturated carbocycles. The lowest BCUT2D eigenvalue weighted by molar-refractivity contribution is -0.129. The molecule has 0 bridgehead atoms. The van der Waals surface area contributed by atoms with Crippen LogP contribution in [0, 0.1) is 6.92 Å². The molecule has 0 aliphatic rings. The first kappa shape index (κ1) is 20.3. The molecule has 2 aromatic carbocycles. The summed E-state index contributed by atoms with van der Waals surface area (Å²) in [7, 11) is 0. The zero-order valence-electron chi connectivity index (χ0n) is 14.9. The molecule has 6 heteroatoms. The number of aryl methyl sites for hydroxylation is 1. The van der Waals surface area contributed by atoms with Crippen molar-refractivity contribution in [2.45, 2.75) is 26.7 Å². The van der Waals surface area contributed by atoms with E-state index >= 15 is 0 Å². The average Bonchev–Trinajstić information content (AvgIpc) is 2.58. The van der Waals surface area contributed by atoms with Crippen LogP contribution in [0.2, 0.25) is 10.0 Å². The van der Waals surface area contributed by atoms with Gasteiger partial charge >= 0.3 is 0 Å². The Labute approximate surface area is 164 Å². The molecule has 0 aliphatic carbocycles. The highest BCUT2D eigenvalue weighted by Crippen LogP contribution is 2.19. The standard InChI is InChI=1S/C20H22Cl2N2O2/c1-14-13-18(22)7-8-19(14)23-20(26)10-12-24(15(2)25)11-9-16-3-5-17(21)6-4-16/h3-8,13H,9-12H2,1-2H3,(H,23,26). The minimum absolute atomic E-state index is 0.0468. The van der Waals surface area contributed by atoms with Crippen LogP contribution in [0.4, 0.5) is 5.69 Å². The van der Waals surface area contributed by atoms with Gasteiger partial charge in [0.25, 0.3) is 0 Å². The SMILES string of the molecule is CC(=O)N(CCC(=O)Nc1ccc(Cl)cc1C)CCc1ccc(Cl)cc1. The highest BCUT2D eigenvalue weighted by molar-refractivity contribution is 6.31. The topological polar surface area (TPSA) is 49.4 Å². The van der Waals surface area contributed by atoms with Gasteiger partial charge in [-0.25, -0.2) is 0 Å². The summed E-state index contributed by atoms with van der Waals surface area (Å²) in [6.07, 6.45) is 0.955. The van der Waals surface area contributed by atoms with Crippen LogP contribution in [0.1, 0.15) is 24.5 Å². The highest BCUT2D eigenvalue weighted by atomic mass is 35.5. The number of hydrogen-bond donors (Lipinski definition) is 1. The van der Waals surface area contributed by atoms with Crippen LogP contribution in [-0.4, -0.2) is 29.8 Å². The maximum Gasteiger partial charge on any atom is 0.226 e.